The first kappa shape index (κ1) is 9.75. The number of aryl methyl sites for hydroxylation is 1. The third-order valence-corrected chi connectivity index (χ3v) is 2.99. The lowest BCUT2D eigenvalue weighted by molar-refractivity contribution is 0.509. The maximum absolute atomic E-state index is 3.32. The van der Waals surface area contributed by atoms with Gasteiger partial charge in [0.25, 0.3) is 0 Å². The van der Waals surface area contributed by atoms with Crippen LogP contribution in [-0.4, -0.2) is 13.1 Å². The quantitative estimate of drug-likeness (QED) is 0.740. The molecule has 0 spiro atoms. The fourth-order valence-electron chi connectivity index (χ4n) is 1.33. The number of hydrogen-bond donors (Lipinski definition) is 1. The van der Waals surface area contributed by atoms with Gasteiger partial charge >= 0.3 is 0 Å². The van der Waals surface area contributed by atoms with Crippen molar-refractivity contribution < 1.29 is 0 Å². The molecule has 1 heterocycles. The normalized spacial score (nSPS) is 13.2. The minimum Gasteiger partial charge on any atom is -0.317 e. The zero-order valence-electron chi connectivity index (χ0n) is 7.84. The Hall–Kier alpha value is -0.340. The zero-order chi connectivity index (χ0) is 8.81. The predicted octanol–water partition coefficient (Wildman–Crippen LogP) is 2.68. The SMILES string of the molecule is CCC(CCc1ccsc1)NC. The molecule has 0 aliphatic heterocycles. The number of hydrogen-bond acceptors (Lipinski definition) is 2. The maximum Gasteiger partial charge on any atom is 0.00646 e. The highest BCUT2D eigenvalue weighted by Gasteiger charge is 2.02. The smallest absolute Gasteiger partial charge is 0.00646 e. The van der Waals surface area contributed by atoms with Gasteiger partial charge in [-0.1, -0.05) is 6.92 Å². The summed E-state index contributed by atoms with van der Waals surface area (Å²) in [5.41, 5.74) is 1.48. The van der Waals surface area contributed by atoms with Gasteiger partial charge in [-0.05, 0) is 48.7 Å². The van der Waals surface area contributed by atoms with Gasteiger partial charge in [-0.2, -0.15) is 11.3 Å². The van der Waals surface area contributed by atoms with Crippen molar-refractivity contribution in [1.82, 2.24) is 5.32 Å². The summed E-state index contributed by atoms with van der Waals surface area (Å²) >= 11 is 1.79. The molecule has 0 bridgehead atoms. The molecule has 0 amide bonds. The van der Waals surface area contributed by atoms with Gasteiger partial charge in [-0.3, -0.25) is 0 Å². The van der Waals surface area contributed by atoms with E-state index < -0.39 is 0 Å². The summed E-state index contributed by atoms with van der Waals surface area (Å²) < 4.78 is 0. The minimum atomic E-state index is 0.685. The molecule has 1 unspecified atom stereocenters. The van der Waals surface area contributed by atoms with E-state index in [2.05, 4.69) is 29.1 Å². The average Bonchev–Trinajstić information content (AvgIpc) is 2.59. The maximum atomic E-state index is 3.32. The molecular formula is C10H17NS. The second-order valence-electron chi connectivity index (χ2n) is 3.06. The summed E-state index contributed by atoms with van der Waals surface area (Å²) in [6, 6.07) is 2.90. The summed E-state index contributed by atoms with van der Waals surface area (Å²) in [6.45, 7) is 2.23. The second kappa shape index (κ2) is 5.33. The van der Waals surface area contributed by atoms with Crippen LogP contribution in [0.5, 0.6) is 0 Å². The van der Waals surface area contributed by atoms with E-state index in [1.807, 2.05) is 7.05 Å². The lowest BCUT2D eigenvalue weighted by Gasteiger charge is -2.12. The fraction of sp³-hybridized carbons (Fsp3) is 0.600. The molecule has 12 heavy (non-hydrogen) atoms. The van der Waals surface area contributed by atoms with Gasteiger partial charge in [-0.15, -0.1) is 0 Å². The van der Waals surface area contributed by atoms with Crippen LogP contribution in [0.25, 0.3) is 0 Å². The Kier molecular flexibility index (Phi) is 4.33. The first-order valence-electron chi connectivity index (χ1n) is 4.55. The highest BCUT2D eigenvalue weighted by Crippen LogP contribution is 2.10. The first-order valence-corrected chi connectivity index (χ1v) is 5.49. The summed E-state index contributed by atoms with van der Waals surface area (Å²) in [5, 5.41) is 7.70. The fourth-order valence-corrected chi connectivity index (χ4v) is 2.03. The van der Waals surface area contributed by atoms with E-state index in [0.29, 0.717) is 6.04 Å². The van der Waals surface area contributed by atoms with Gasteiger partial charge in [0, 0.05) is 6.04 Å². The van der Waals surface area contributed by atoms with E-state index in [1.165, 1.54) is 24.8 Å². The molecule has 0 fully saturated rings. The largest absolute Gasteiger partial charge is 0.317 e. The lowest BCUT2D eigenvalue weighted by atomic mass is 10.1. The van der Waals surface area contributed by atoms with Crippen molar-refractivity contribution in [2.24, 2.45) is 0 Å². The molecule has 1 aromatic rings. The van der Waals surface area contributed by atoms with Gasteiger partial charge in [0.2, 0.25) is 0 Å². The monoisotopic (exact) mass is 183 g/mol. The third-order valence-electron chi connectivity index (χ3n) is 2.26. The standard InChI is InChI=1S/C10H17NS/c1-3-10(11-2)5-4-9-6-7-12-8-9/h6-8,10-11H,3-5H2,1-2H3. The Labute approximate surface area is 78.8 Å². The van der Waals surface area contributed by atoms with E-state index in [9.17, 15) is 0 Å². The van der Waals surface area contributed by atoms with Gasteiger partial charge in [0.15, 0.2) is 0 Å². The minimum absolute atomic E-state index is 0.685. The highest BCUT2D eigenvalue weighted by molar-refractivity contribution is 7.07. The van der Waals surface area contributed by atoms with Crippen LogP contribution in [0.15, 0.2) is 16.8 Å². The molecule has 0 aliphatic rings. The van der Waals surface area contributed by atoms with Crippen molar-refractivity contribution in [3.05, 3.63) is 22.4 Å². The predicted molar refractivity (Wildman–Crippen MR) is 55.8 cm³/mol. The number of thiophene rings is 1. The van der Waals surface area contributed by atoms with Gasteiger partial charge < -0.3 is 5.32 Å². The van der Waals surface area contributed by atoms with Crippen molar-refractivity contribution in [2.45, 2.75) is 32.2 Å². The summed E-state index contributed by atoms with van der Waals surface area (Å²) in [7, 11) is 2.04. The summed E-state index contributed by atoms with van der Waals surface area (Å²) in [4.78, 5) is 0. The molecule has 1 nitrogen and oxygen atoms in total. The van der Waals surface area contributed by atoms with Crippen molar-refractivity contribution in [2.75, 3.05) is 7.05 Å². The number of nitrogens with one attached hydrogen (secondary N) is 1. The van der Waals surface area contributed by atoms with Crippen LogP contribution in [0.4, 0.5) is 0 Å². The van der Waals surface area contributed by atoms with Crippen LogP contribution in [0.3, 0.4) is 0 Å². The summed E-state index contributed by atoms with van der Waals surface area (Å²) in [5.74, 6) is 0. The van der Waals surface area contributed by atoms with Crippen molar-refractivity contribution >= 4 is 11.3 Å². The van der Waals surface area contributed by atoms with Gasteiger partial charge in [0.05, 0.1) is 0 Å². The molecule has 1 atom stereocenters. The van der Waals surface area contributed by atoms with E-state index in [4.69, 9.17) is 0 Å². The first-order chi connectivity index (χ1) is 5.86. The topological polar surface area (TPSA) is 12.0 Å². The van der Waals surface area contributed by atoms with Crippen molar-refractivity contribution in [3.63, 3.8) is 0 Å². The molecule has 0 radical (unpaired) electrons. The summed E-state index contributed by atoms with van der Waals surface area (Å²) in [6.07, 6.45) is 3.69. The molecule has 68 valence electrons. The molecule has 1 N–H and O–H groups in total. The number of rotatable bonds is 5. The second-order valence-corrected chi connectivity index (χ2v) is 3.84. The van der Waals surface area contributed by atoms with E-state index in [0.717, 1.165) is 0 Å². The average molecular weight is 183 g/mol. The van der Waals surface area contributed by atoms with Crippen LogP contribution in [-0.2, 0) is 6.42 Å². The molecule has 0 saturated carbocycles. The Morgan fingerprint density at radius 2 is 2.42 bits per heavy atom. The Morgan fingerprint density at radius 3 is 2.92 bits per heavy atom. The lowest BCUT2D eigenvalue weighted by Crippen LogP contribution is -2.24. The third kappa shape index (κ3) is 2.95. The van der Waals surface area contributed by atoms with Crippen molar-refractivity contribution in [3.8, 4) is 0 Å². The molecular weight excluding hydrogens is 166 g/mol. The van der Waals surface area contributed by atoms with Crippen molar-refractivity contribution in [1.29, 1.82) is 0 Å². The molecule has 1 aromatic heterocycles. The van der Waals surface area contributed by atoms with E-state index >= 15 is 0 Å². The van der Waals surface area contributed by atoms with Crippen LogP contribution >= 0.6 is 11.3 Å². The highest BCUT2D eigenvalue weighted by atomic mass is 32.1. The Balaban J connectivity index is 2.25. The van der Waals surface area contributed by atoms with Crippen LogP contribution < -0.4 is 5.32 Å². The Bertz CT molecular complexity index is 190. The molecule has 0 aromatic carbocycles. The van der Waals surface area contributed by atoms with Crippen LogP contribution in [0.1, 0.15) is 25.3 Å². The zero-order valence-corrected chi connectivity index (χ0v) is 8.66. The van der Waals surface area contributed by atoms with Crippen LogP contribution in [0.2, 0.25) is 0 Å². The van der Waals surface area contributed by atoms with Crippen LogP contribution in [0, 0.1) is 0 Å². The van der Waals surface area contributed by atoms with Gasteiger partial charge in [0.1, 0.15) is 0 Å². The Morgan fingerprint density at radius 1 is 1.58 bits per heavy atom. The molecule has 1 rings (SSSR count). The molecule has 2 heteroatoms. The molecule has 0 saturated heterocycles. The van der Waals surface area contributed by atoms with Gasteiger partial charge in [-0.25, -0.2) is 0 Å². The molecule has 0 aliphatic carbocycles. The van der Waals surface area contributed by atoms with E-state index in [1.54, 1.807) is 11.3 Å². The van der Waals surface area contributed by atoms with E-state index in [-0.39, 0.29) is 0 Å².